The Morgan fingerprint density at radius 2 is 1.82 bits per heavy atom. The van der Waals surface area contributed by atoms with Crippen LogP contribution in [0.4, 0.5) is 5.69 Å². The number of carbonyl (C=O) groups is 2. The van der Waals surface area contributed by atoms with E-state index in [9.17, 15) is 13.8 Å². The summed E-state index contributed by atoms with van der Waals surface area (Å²) in [5.41, 5.74) is 2.24. The van der Waals surface area contributed by atoms with Crippen molar-refractivity contribution in [2.24, 2.45) is 0 Å². The molecule has 1 heterocycles. The summed E-state index contributed by atoms with van der Waals surface area (Å²) in [5.74, 6) is -0.0838. The van der Waals surface area contributed by atoms with E-state index in [1.807, 2.05) is 13.0 Å². The van der Waals surface area contributed by atoms with Gasteiger partial charge in [-0.1, -0.05) is 23.7 Å². The summed E-state index contributed by atoms with van der Waals surface area (Å²) in [5, 5.41) is 5.83. The predicted molar refractivity (Wildman–Crippen MR) is 107 cm³/mol. The molecule has 0 bridgehead atoms. The number of rotatable bonds is 7. The van der Waals surface area contributed by atoms with E-state index in [1.54, 1.807) is 30.3 Å². The average Bonchev–Trinajstić information content (AvgIpc) is 3.10. The number of ether oxygens (including phenoxy) is 2. The smallest absolute Gasteiger partial charge is 0.237 e. The zero-order valence-corrected chi connectivity index (χ0v) is 16.7. The number of carbonyl (C=O) groups excluding carboxylic acids is 2. The summed E-state index contributed by atoms with van der Waals surface area (Å²) < 4.78 is 22.6. The van der Waals surface area contributed by atoms with Crippen LogP contribution in [-0.4, -0.2) is 34.3 Å². The molecule has 0 saturated heterocycles. The Hall–Kier alpha value is -2.58. The third-order valence-corrected chi connectivity index (χ3v) is 5.54. The Kier molecular flexibility index (Phi) is 6.53. The van der Waals surface area contributed by atoms with Crippen molar-refractivity contribution in [3.63, 3.8) is 0 Å². The SMILES string of the molecule is Cc1ccc(NC(=O)C[S@](=O)CC(=O)NCc2ccc3c(c2)OCO3)cc1Cl. The van der Waals surface area contributed by atoms with Gasteiger partial charge in [-0.2, -0.15) is 0 Å². The second kappa shape index (κ2) is 9.07. The van der Waals surface area contributed by atoms with Gasteiger partial charge in [0, 0.05) is 28.1 Å². The molecule has 1 atom stereocenters. The lowest BCUT2D eigenvalue weighted by Gasteiger charge is -2.08. The number of anilines is 1. The molecule has 0 radical (unpaired) electrons. The topological polar surface area (TPSA) is 93.7 Å². The van der Waals surface area contributed by atoms with Crippen molar-refractivity contribution in [2.75, 3.05) is 23.6 Å². The molecule has 9 heteroatoms. The van der Waals surface area contributed by atoms with Crippen LogP contribution in [0.3, 0.4) is 0 Å². The van der Waals surface area contributed by atoms with Gasteiger partial charge in [0.25, 0.3) is 0 Å². The molecule has 2 amide bonds. The fourth-order valence-electron chi connectivity index (χ4n) is 2.51. The molecule has 0 aliphatic carbocycles. The Bertz CT molecular complexity index is 935. The molecule has 1 aliphatic heterocycles. The fraction of sp³-hybridized carbons (Fsp3) is 0.263. The number of hydrogen-bond donors (Lipinski definition) is 2. The van der Waals surface area contributed by atoms with E-state index in [-0.39, 0.29) is 24.8 Å². The summed E-state index contributed by atoms with van der Waals surface area (Å²) >= 11 is 6.01. The lowest BCUT2D eigenvalue weighted by molar-refractivity contribution is -0.118. The van der Waals surface area contributed by atoms with Crippen molar-refractivity contribution in [2.45, 2.75) is 13.5 Å². The quantitative estimate of drug-likeness (QED) is 0.714. The van der Waals surface area contributed by atoms with Crippen LogP contribution in [0.5, 0.6) is 11.5 Å². The second-order valence-electron chi connectivity index (χ2n) is 6.20. The highest BCUT2D eigenvalue weighted by molar-refractivity contribution is 7.86. The first-order valence-electron chi connectivity index (χ1n) is 8.47. The predicted octanol–water partition coefficient (Wildman–Crippen LogP) is 2.38. The molecule has 148 valence electrons. The van der Waals surface area contributed by atoms with Crippen LogP contribution in [0, 0.1) is 6.92 Å². The van der Waals surface area contributed by atoms with E-state index in [0.29, 0.717) is 22.2 Å². The van der Waals surface area contributed by atoms with Gasteiger partial charge in [-0.05, 0) is 42.3 Å². The van der Waals surface area contributed by atoms with Crippen LogP contribution in [0.2, 0.25) is 5.02 Å². The Labute approximate surface area is 169 Å². The van der Waals surface area contributed by atoms with Gasteiger partial charge in [0.05, 0.1) is 0 Å². The van der Waals surface area contributed by atoms with Crippen molar-refractivity contribution >= 4 is 39.9 Å². The van der Waals surface area contributed by atoms with Crippen molar-refractivity contribution in [3.8, 4) is 11.5 Å². The summed E-state index contributed by atoms with van der Waals surface area (Å²) in [4.78, 5) is 24.0. The van der Waals surface area contributed by atoms with Crippen LogP contribution in [0.25, 0.3) is 0 Å². The molecular weight excluding hydrogens is 404 g/mol. The average molecular weight is 423 g/mol. The molecule has 7 nitrogen and oxygen atoms in total. The van der Waals surface area contributed by atoms with Gasteiger partial charge in [0.2, 0.25) is 18.6 Å². The van der Waals surface area contributed by atoms with Crippen molar-refractivity contribution in [3.05, 3.63) is 52.5 Å². The second-order valence-corrected chi connectivity index (χ2v) is 8.07. The first-order chi connectivity index (χ1) is 13.4. The van der Waals surface area contributed by atoms with E-state index in [4.69, 9.17) is 21.1 Å². The molecule has 28 heavy (non-hydrogen) atoms. The highest BCUT2D eigenvalue weighted by Crippen LogP contribution is 2.32. The minimum Gasteiger partial charge on any atom is -0.454 e. The molecular formula is C19H19ClN2O5S. The third-order valence-electron chi connectivity index (χ3n) is 3.97. The van der Waals surface area contributed by atoms with Gasteiger partial charge in [-0.25, -0.2) is 0 Å². The van der Waals surface area contributed by atoms with E-state index in [0.717, 1.165) is 11.1 Å². The molecule has 0 fully saturated rings. The minimum absolute atomic E-state index is 0.182. The van der Waals surface area contributed by atoms with Gasteiger partial charge in [-0.3, -0.25) is 13.8 Å². The van der Waals surface area contributed by atoms with E-state index in [1.165, 1.54) is 0 Å². The molecule has 2 aromatic rings. The number of benzene rings is 2. The van der Waals surface area contributed by atoms with Gasteiger partial charge < -0.3 is 20.1 Å². The number of amides is 2. The molecule has 3 rings (SSSR count). The maximum absolute atomic E-state index is 12.1. The van der Waals surface area contributed by atoms with Gasteiger partial charge in [-0.15, -0.1) is 0 Å². The zero-order valence-electron chi connectivity index (χ0n) is 15.1. The fourth-order valence-corrected chi connectivity index (χ4v) is 3.56. The molecule has 2 aromatic carbocycles. The standard InChI is InChI=1S/C19H19ClN2O5S/c1-12-2-4-14(7-15(12)20)22-19(24)10-28(25)9-18(23)21-8-13-3-5-16-17(6-13)27-11-26-16/h2-7H,8-11H2,1H3,(H,21,23)(H,22,24)/t28-/m1/s1. The maximum atomic E-state index is 12.1. The van der Waals surface area contributed by atoms with Crippen LogP contribution in [0.15, 0.2) is 36.4 Å². The lowest BCUT2D eigenvalue weighted by atomic mass is 10.2. The van der Waals surface area contributed by atoms with Crippen LogP contribution in [-0.2, 0) is 26.9 Å². The molecule has 0 saturated carbocycles. The number of halogens is 1. The monoisotopic (exact) mass is 422 g/mol. The van der Waals surface area contributed by atoms with E-state index < -0.39 is 22.6 Å². The lowest BCUT2D eigenvalue weighted by Crippen LogP contribution is -2.30. The summed E-state index contributed by atoms with van der Waals surface area (Å²) in [7, 11) is -1.62. The Morgan fingerprint density at radius 1 is 1.07 bits per heavy atom. The van der Waals surface area contributed by atoms with Crippen LogP contribution < -0.4 is 20.1 Å². The Balaban J connectivity index is 1.43. The van der Waals surface area contributed by atoms with Crippen LogP contribution in [0.1, 0.15) is 11.1 Å². The number of hydrogen-bond acceptors (Lipinski definition) is 5. The third kappa shape index (κ3) is 5.46. The van der Waals surface area contributed by atoms with Gasteiger partial charge in [0.1, 0.15) is 11.5 Å². The largest absolute Gasteiger partial charge is 0.454 e. The Morgan fingerprint density at radius 3 is 2.61 bits per heavy atom. The number of aryl methyl sites for hydroxylation is 1. The molecule has 0 aromatic heterocycles. The summed E-state index contributed by atoms with van der Waals surface area (Å²) in [6.45, 7) is 2.30. The molecule has 0 spiro atoms. The van der Waals surface area contributed by atoms with Crippen molar-refractivity contribution < 1.29 is 23.3 Å². The summed E-state index contributed by atoms with van der Waals surface area (Å²) in [6.07, 6.45) is 0. The normalized spacial score (nSPS) is 13.1. The molecule has 2 N–H and O–H groups in total. The van der Waals surface area contributed by atoms with Crippen molar-refractivity contribution in [1.29, 1.82) is 0 Å². The highest BCUT2D eigenvalue weighted by Gasteiger charge is 2.15. The first kappa shape index (κ1) is 20.2. The zero-order chi connectivity index (χ0) is 20.1. The minimum atomic E-state index is -1.62. The van der Waals surface area contributed by atoms with Crippen molar-refractivity contribution in [1.82, 2.24) is 5.32 Å². The van der Waals surface area contributed by atoms with E-state index in [2.05, 4.69) is 10.6 Å². The highest BCUT2D eigenvalue weighted by atomic mass is 35.5. The molecule has 0 unspecified atom stereocenters. The van der Waals surface area contributed by atoms with E-state index >= 15 is 0 Å². The summed E-state index contributed by atoms with van der Waals surface area (Å²) in [6, 6.07) is 10.5. The van der Waals surface area contributed by atoms with Gasteiger partial charge in [0.15, 0.2) is 11.5 Å². The first-order valence-corrected chi connectivity index (χ1v) is 10.3. The van der Waals surface area contributed by atoms with Gasteiger partial charge >= 0.3 is 0 Å². The van der Waals surface area contributed by atoms with Crippen LogP contribution >= 0.6 is 11.6 Å². The number of nitrogens with one attached hydrogen (secondary N) is 2. The molecule has 1 aliphatic rings. The number of fused-ring (bicyclic) bond motifs is 1. The maximum Gasteiger partial charge on any atom is 0.237 e.